The van der Waals surface area contributed by atoms with Crippen LogP contribution in [0.5, 0.6) is 0 Å². The van der Waals surface area contributed by atoms with E-state index in [1.165, 1.54) is 16.6 Å². The predicted molar refractivity (Wildman–Crippen MR) is 121 cm³/mol. The number of sulfonamides is 1. The zero-order valence-electron chi connectivity index (χ0n) is 18.3. The van der Waals surface area contributed by atoms with Crippen molar-refractivity contribution in [1.29, 1.82) is 0 Å². The lowest BCUT2D eigenvalue weighted by Gasteiger charge is -2.19. The molecule has 1 aliphatic rings. The Morgan fingerprint density at radius 1 is 1.06 bits per heavy atom. The molecule has 32 heavy (non-hydrogen) atoms. The molecule has 9 nitrogen and oxygen atoms in total. The summed E-state index contributed by atoms with van der Waals surface area (Å²) in [7, 11) is -3.70. The van der Waals surface area contributed by atoms with Gasteiger partial charge in [-0.2, -0.15) is 4.31 Å². The van der Waals surface area contributed by atoms with Crippen molar-refractivity contribution in [1.82, 2.24) is 13.8 Å². The van der Waals surface area contributed by atoms with E-state index in [0.29, 0.717) is 37.4 Å². The smallest absolute Gasteiger partial charge is 0.253 e. The molecule has 0 bridgehead atoms. The Bertz CT molecular complexity index is 1150. The summed E-state index contributed by atoms with van der Waals surface area (Å²) in [5, 5.41) is 2.67. The van der Waals surface area contributed by atoms with Crippen LogP contribution >= 0.6 is 0 Å². The average molecular weight is 461 g/mol. The molecule has 1 aromatic carbocycles. The molecule has 2 aromatic rings. The molecular formula is C22H28N4O5S. The monoisotopic (exact) mass is 460 g/mol. The van der Waals surface area contributed by atoms with E-state index in [0.717, 1.165) is 23.5 Å². The largest absolute Gasteiger partial charge is 0.339 e. The minimum Gasteiger partial charge on any atom is -0.339 e. The molecule has 1 aliphatic heterocycles. The summed E-state index contributed by atoms with van der Waals surface area (Å²) in [6.45, 7) is 5.48. The first kappa shape index (κ1) is 23.7. The molecule has 0 unspecified atom stereocenters. The van der Waals surface area contributed by atoms with Crippen LogP contribution in [0.3, 0.4) is 0 Å². The number of rotatable bonds is 8. The highest BCUT2D eigenvalue weighted by Crippen LogP contribution is 2.20. The number of nitrogens with zero attached hydrogens (tertiary/aromatic N) is 3. The molecule has 2 heterocycles. The molecule has 0 spiro atoms. The topological polar surface area (TPSA) is 109 Å². The summed E-state index contributed by atoms with van der Waals surface area (Å²) in [5.41, 5.74) is 0.384. The van der Waals surface area contributed by atoms with Crippen molar-refractivity contribution in [3.05, 3.63) is 58.5 Å². The lowest BCUT2D eigenvalue weighted by molar-refractivity contribution is -0.116. The first-order valence-electron chi connectivity index (χ1n) is 10.7. The van der Waals surface area contributed by atoms with Crippen molar-refractivity contribution in [2.45, 2.75) is 38.1 Å². The lowest BCUT2D eigenvalue weighted by Crippen LogP contribution is -2.31. The molecule has 0 aliphatic carbocycles. The minimum atomic E-state index is -3.70. The van der Waals surface area contributed by atoms with Crippen LogP contribution in [0.1, 0.15) is 37.0 Å². The highest BCUT2D eigenvalue weighted by Gasteiger charge is 2.27. The number of hydrogen-bond acceptors (Lipinski definition) is 5. The van der Waals surface area contributed by atoms with E-state index in [9.17, 15) is 22.8 Å². The molecule has 10 heteroatoms. The van der Waals surface area contributed by atoms with Gasteiger partial charge in [-0.05, 0) is 51.0 Å². The van der Waals surface area contributed by atoms with Gasteiger partial charge in [-0.25, -0.2) is 8.42 Å². The van der Waals surface area contributed by atoms with Crippen molar-refractivity contribution >= 4 is 27.5 Å². The van der Waals surface area contributed by atoms with Gasteiger partial charge in [-0.15, -0.1) is 0 Å². The summed E-state index contributed by atoms with van der Waals surface area (Å²) < 4.78 is 28.0. The summed E-state index contributed by atoms with van der Waals surface area (Å²) in [4.78, 5) is 39.0. The van der Waals surface area contributed by atoms with Crippen LogP contribution in [0.25, 0.3) is 0 Å². The van der Waals surface area contributed by atoms with E-state index in [-0.39, 0.29) is 17.3 Å². The van der Waals surface area contributed by atoms with Crippen LogP contribution < -0.4 is 10.9 Å². The number of pyridine rings is 1. The number of benzene rings is 1. The van der Waals surface area contributed by atoms with Crippen LogP contribution in [-0.2, 0) is 21.4 Å². The van der Waals surface area contributed by atoms with Crippen molar-refractivity contribution < 1.29 is 18.0 Å². The van der Waals surface area contributed by atoms with Crippen LogP contribution in [0.4, 0.5) is 5.69 Å². The van der Waals surface area contributed by atoms with Gasteiger partial charge in [0.2, 0.25) is 15.9 Å². The van der Waals surface area contributed by atoms with Gasteiger partial charge in [0.1, 0.15) is 6.54 Å². The number of hydrogen-bond donors (Lipinski definition) is 1. The van der Waals surface area contributed by atoms with Crippen LogP contribution in [-0.4, -0.2) is 60.2 Å². The number of nitrogens with one attached hydrogen (secondary N) is 1. The summed E-state index contributed by atoms with van der Waals surface area (Å²) in [6.07, 6.45) is 2.81. The van der Waals surface area contributed by atoms with E-state index >= 15 is 0 Å². The predicted octanol–water partition coefficient (Wildman–Crippen LogP) is 1.75. The van der Waals surface area contributed by atoms with Crippen molar-refractivity contribution in [2.75, 3.05) is 31.5 Å². The van der Waals surface area contributed by atoms with Crippen molar-refractivity contribution in [3.8, 4) is 0 Å². The van der Waals surface area contributed by atoms with Gasteiger partial charge >= 0.3 is 0 Å². The Morgan fingerprint density at radius 3 is 2.41 bits per heavy atom. The quantitative estimate of drug-likeness (QED) is 0.646. The molecular weight excluding hydrogens is 432 g/mol. The molecule has 1 saturated heterocycles. The third kappa shape index (κ3) is 5.25. The normalized spacial score (nSPS) is 14.3. The Hall–Kier alpha value is -2.98. The molecule has 172 valence electrons. The molecule has 1 aromatic heterocycles. The molecule has 0 atom stereocenters. The van der Waals surface area contributed by atoms with E-state index in [1.807, 2.05) is 13.8 Å². The molecule has 3 rings (SSSR count). The Balaban J connectivity index is 1.75. The van der Waals surface area contributed by atoms with E-state index < -0.39 is 21.5 Å². The molecule has 1 fully saturated rings. The van der Waals surface area contributed by atoms with Gasteiger partial charge in [0.15, 0.2) is 0 Å². The fraction of sp³-hybridized carbons (Fsp3) is 0.409. The van der Waals surface area contributed by atoms with E-state index in [1.54, 1.807) is 29.2 Å². The second-order valence-electron chi connectivity index (χ2n) is 7.55. The standard InChI is InChI=1S/C22H28N4O5S/c1-3-24(4-2)22(29)17-8-7-9-18(14-17)23-20(27)16-25-15-19(10-11-21(25)28)32(30,31)26-12-5-6-13-26/h7-11,14-15H,3-6,12-13,16H2,1-2H3,(H,23,27). The van der Waals surface area contributed by atoms with Gasteiger partial charge in [0.25, 0.3) is 11.5 Å². The maximum Gasteiger partial charge on any atom is 0.253 e. The summed E-state index contributed by atoms with van der Waals surface area (Å²) in [5.74, 6) is -0.641. The number of amides is 2. The first-order valence-corrected chi connectivity index (χ1v) is 12.1. The minimum absolute atomic E-state index is 0.0152. The number of anilines is 1. The van der Waals surface area contributed by atoms with Gasteiger partial charge < -0.3 is 14.8 Å². The second kappa shape index (κ2) is 10.1. The molecule has 1 N–H and O–H groups in total. The fourth-order valence-corrected chi connectivity index (χ4v) is 5.18. The Morgan fingerprint density at radius 2 is 1.75 bits per heavy atom. The number of aromatic nitrogens is 1. The third-order valence-corrected chi connectivity index (χ3v) is 7.30. The number of carbonyl (C=O) groups is 2. The van der Waals surface area contributed by atoms with E-state index in [2.05, 4.69) is 5.32 Å². The maximum atomic E-state index is 12.8. The zero-order valence-corrected chi connectivity index (χ0v) is 19.1. The summed E-state index contributed by atoms with van der Waals surface area (Å²) >= 11 is 0. The third-order valence-electron chi connectivity index (χ3n) is 5.42. The van der Waals surface area contributed by atoms with Crippen LogP contribution in [0.15, 0.2) is 52.3 Å². The fourth-order valence-electron chi connectivity index (χ4n) is 3.64. The molecule has 0 radical (unpaired) electrons. The Labute approximate surface area is 187 Å². The first-order chi connectivity index (χ1) is 15.3. The zero-order chi connectivity index (χ0) is 23.3. The highest BCUT2D eigenvalue weighted by atomic mass is 32.2. The van der Waals surface area contributed by atoms with Crippen molar-refractivity contribution in [2.24, 2.45) is 0 Å². The van der Waals surface area contributed by atoms with Crippen LogP contribution in [0, 0.1) is 0 Å². The van der Waals surface area contributed by atoms with Gasteiger partial charge in [0.05, 0.1) is 4.90 Å². The lowest BCUT2D eigenvalue weighted by atomic mass is 10.1. The summed E-state index contributed by atoms with van der Waals surface area (Å²) in [6, 6.07) is 8.99. The van der Waals surface area contributed by atoms with Gasteiger partial charge in [-0.1, -0.05) is 6.07 Å². The average Bonchev–Trinajstić information content (AvgIpc) is 3.32. The molecule has 2 amide bonds. The second-order valence-corrected chi connectivity index (χ2v) is 9.49. The van der Waals surface area contributed by atoms with Gasteiger partial charge in [-0.3, -0.25) is 14.4 Å². The SMILES string of the molecule is CCN(CC)C(=O)c1cccc(NC(=O)Cn2cc(S(=O)(=O)N3CCCC3)ccc2=O)c1. The molecule has 0 saturated carbocycles. The number of carbonyl (C=O) groups excluding carboxylic acids is 2. The maximum absolute atomic E-state index is 12.8. The highest BCUT2D eigenvalue weighted by molar-refractivity contribution is 7.89. The van der Waals surface area contributed by atoms with Crippen LogP contribution in [0.2, 0.25) is 0 Å². The Kier molecular flexibility index (Phi) is 7.47. The van der Waals surface area contributed by atoms with Gasteiger partial charge in [0, 0.05) is 49.7 Å². The van der Waals surface area contributed by atoms with E-state index in [4.69, 9.17) is 0 Å². The van der Waals surface area contributed by atoms with Crippen molar-refractivity contribution in [3.63, 3.8) is 0 Å².